The molecule has 0 fully saturated rings. The van der Waals surface area contributed by atoms with Crippen LogP contribution in [0.2, 0.25) is 0 Å². The molecule has 0 bridgehead atoms. The first-order chi connectivity index (χ1) is 9.38. The quantitative estimate of drug-likeness (QED) is 0.900. The van der Waals surface area contributed by atoms with Crippen LogP contribution in [0.15, 0.2) is 29.1 Å². The van der Waals surface area contributed by atoms with Gasteiger partial charge in [-0.1, -0.05) is 39.8 Å². The number of fused-ring (bicyclic) bond motifs is 1. The van der Waals surface area contributed by atoms with E-state index in [4.69, 9.17) is 0 Å². The molecule has 0 aliphatic rings. The van der Waals surface area contributed by atoms with Gasteiger partial charge in [-0.05, 0) is 30.0 Å². The maximum atomic E-state index is 11.9. The van der Waals surface area contributed by atoms with Crippen LogP contribution in [-0.4, -0.2) is 16.5 Å². The Bertz CT molecular complexity index is 640. The highest BCUT2D eigenvalue weighted by Crippen LogP contribution is 2.24. The van der Waals surface area contributed by atoms with E-state index in [2.05, 4.69) is 43.0 Å². The van der Waals surface area contributed by atoms with Crippen LogP contribution in [0.5, 0.6) is 0 Å². The second kappa shape index (κ2) is 5.75. The number of aromatic amines is 1. The van der Waals surface area contributed by atoms with Gasteiger partial charge in [0.05, 0.1) is 17.4 Å². The molecule has 4 nitrogen and oxygen atoms in total. The highest BCUT2D eigenvalue weighted by atomic mass is 16.1. The largest absolute Gasteiger partial charge is 0.310 e. The summed E-state index contributed by atoms with van der Waals surface area (Å²) in [5.41, 5.74) is 0.949. The van der Waals surface area contributed by atoms with Gasteiger partial charge < -0.3 is 10.3 Å². The zero-order valence-corrected chi connectivity index (χ0v) is 12.7. The summed E-state index contributed by atoms with van der Waals surface area (Å²) in [5, 5.41) is 4.01. The number of aromatic nitrogens is 2. The molecule has 2 rings (SSSR count). The lowest BCUT2D eigenvalue weighted by Crippen LogP contribution is -2.30. The molecule has 1 heterocycles. The van der Waals surface area contributed by atoms with Crippen LogP contribution < -0.4 is 10.9 Å². The number of benzene rings is 1. The lowest BCUT2D eigenvalue weighted by Gasteiger charge is -2.27. The van der Waals surface area contributed by atoms with E-state index in [1.54, 1.807) is 6.07 Å². The first kappa shape index (κ1) is 14.7. The van der Waals surface area contributed by atoms with Gasteiger partial charge in [0.15, 0.2) is 0 Å². The smallest absolute Gasteiger partial charge is 0.258 e. The zero-order valence-electron chi connectivity index (χ0n) is 12.7. The molecule has 108 valence electrons. The Labute approximate surface area is 119 Å². The minimum absolute atomic E-state index is 0.0729. The number of nitrogens with one attached hydrogen (secondary N) is 2. The van der Waals surface area contributed by atoms with Gasteiger partial charge in [0.1, 0.15) is 5.82 Å². The van der Waals surface area contributed by atoms with Crippen molar-refractivity contribution in [3.05, 3.63) is 40.4 Å². The Morgan fingerprint density at radius 1 is 1.30 bits per heavy atom. The van der Waals surface area contributed by atoms with Crippen LogP contribution in [-0.2, 0) is 6.54 Å². The van der Waals surface area contributed by atoms with Crippen molar-refractivity contribution < 1.29 is 0 Å². The molecule has 0 saturated heterocycles. The van der Waals surface area contributed by atoms with Gasteiger partial charge in [-0.15, -0.1) is 0 Å². The lowest BCUT2D eigenvalue weighted by atomic mass is 9.82. The Kier molecular flexibility index (Phi) is 4.23. The summed E-state index contributed by atoms with van der Waals surface area (Å²) in [6.45, 7) is 10.4. The van der Waals surface area contributed by atoms with E-state index in [1.807, 2.05) is 18.2 Å². The number of H-pyrrole nitrogens is 1. The molecule has 0 saturated carbocycles. The summed E-state index contributed by atoms with van der Waals surface area (Å²) in [7, 11) is 0. The molecule has 1 aromatic carbocycles. The van der Waals surface area contributed by atoms with Gasteiger partial charge >= 0.3 is 0 Å². The van der Waals surface area contributed by atoms with Crippen LogP contribution in [0.25, 0.3) is 10.9 Å². The molecule has 0 aliphatic carbocycles. The molecule has 0 radical (unpaired) electrons. The summed E-state index contributed by atoms with van der Waals surface area (Å²) < 4.78 is 0. The highest BCUT2D eigenvalue weighted by molar-refractivity contribution is 5.77. The van der Waals surface area contributed by atoms with Crippen molar-refractivity contribution >= 4 is 10.9 Å². The standard InChI is InChI=1S/C16H23N3O/c1-11(16(2,3)4)9-17-10-14-18-13-8-6-5-7-12(13)15(20)19-14/h5-8,11,17H,9-10H2,1-4H3,(H,18,19,20). The maximum Gasteiger partial charge on any atom is 0.258 e. The van der Waals surface area contributed by atoms with E-state index in [-0.39, 0.29) is 11.0 Å². The van der Waals surface area contributed by atoms with Crippen molar-refractivity contribution in [3.8, 4) is 0 Å². The highest BCUT2D eigenvalue weighted by Gasteiger charge is 2.19. The topological polar surface area (TPSA) is 57.8 Å². The van der Waals surface area contributed by atoms with E-state index in [0.717, 1.165) is 12.1 Å². The molecule has 2 N–H and O–H groups in total. The van der Waals surface area contributed by atoms with E-state index in [9.17, 15) is 4.79 Å². The molecule has 0 amide bonds. The van der Waals surface area contributed by atoms with Crippen molar-refractivity contribution in [2.45, 2.75) is 34.2 Å². The summed E-state index contributed by atoms with van der Waals surface area (Å²) in [4.78, 5) is 19.2. The van der Waals surface area contributed by atoms with Crippen molar-refractivity contribution in [1.29, 1.82) is 0 Å². The molecule has 2 aromatic rings. The second-order valence-corrected chi connectivity index (χ2v) is 6.43. The minimum Gasteiger partial charge on any atom is -0.310 e. The van der Waals surface area contributed by atoms with Gasteiger partial charge in [-0.3, -0.25) is 4.79 Å². The third-order valence-corrected chi connectivity index (χ3v) is 3.88. The number of para-hydroxylation sites is 1. The van der Waals surface area contributed by atoms with Crippen molar-refractivity contribution in [2.75, 3.05) is 6.54 Å². The van der Waals surface area contributed by atoms with Gasteiger partial charge in [0, 0.05) is 0 Å². The van der Waals surface area contributed by atoms with Crippen LogP contribution in [0, 0.1) is 11.3 Å². The molecule has 20 heavy (non-hydrogen) atoms. The molecule has 1 unspecified atom stereocenters. The van der Waals surface area contributed by atoms with Crippen LogP contribution in [0.1, 0.15) is 33.5 Å². The molecular formula is C16H23N3O. The number of rotatable bonds is 4. The SMILES string of the molecule is CC(CNCc1nc2ccccc2c(=O)[nH]1)C(C)(C)C. The first-order valence-electron chi connectivity index (χ1n) is 7.06. The minimum atomic E-state index is -0.0729. The predicted octanol–water partition coefficient (Wildman–Crippen LogP) is 2.69. The van der Waals surface area contributed by atoms with Gasteiger partial charge in [0.25, 0.3) is 5.56 Å². The fourth-order valence-electron chi connectivity index (χ4n) is 1.93. The molecule has 1 atom stereocenters. The van der Waals surface area contributed by atoms with Crippen molar-refractivity contribution in [1.82, 2.24) is 15.3 Å². The summed E-state index contributed by atoms with van der Waals surface area (Å²) in [6.07, 6.45) is 0. The predicted molar refractivity (Wildman–Crippen MR) is 82.7 cm³/mol. The molecule has 4 heteroatoms. The third kappa shape index (κ3) is 3.45. The lowest BCUT2D eigenvalue weighted by molar-refractivity contribution is 0.252. The van der Waals surface area contributed by atoms with E-state index < -0.39 is 0 Å². The van der Waals surface area contributed by atoms with E-state index in [1.165, 1.54) is 0 Å². The van der Waals surface area contributed by atoms with Gasteiger partial charge in [-0.2, -0.15) is 0 Å². The number of hydrogen-bond acceptors (Lipinski definition) is 3. The number of hydrogen-bond donors (Lipinski definition) is 2. The fourth-order valence-corrected chi connectivity index (χ4v) is 1.93. The van der Waals surface area contributed by atoms with Crippen molar-refractivity contribution in [2.24, 2.45) is 11.3 Å². The first-order valence-corrected chi connectivity index (χ1v) is 7.06. The average Bonchev–Trinajstić information content (AvgIpc) is 2.37. The Morgan fingerprint density at radius 2 is 2.00 bits per heavy atom. The maximum absolute atomic E-state index is 11.9. The molecule has 0 aliphatic heterocycles. The summed E-state index contributed by atoms with van der Waals surface area (Å²) >= 11 is 0. The normalized spacial score (nSPS) is 13.6. The van der Waals surface area contributed by atoms with Gasteiger partial charge in [0.2, 0.25) is 0 Å². The third-order valence-electron chi connectivity index (χ3n) is 3.88. The molecular weight excluding hydrogens is 250 g/mol. The van der Waals surface area contributed by atoms with E-state index >= 15 is 0 Å². The summed E-state index contributed by atoms with van der Waals surface area (Å²) in [5.74, 6) is 1.24. The fraction of sp³-hybridized carbons (Fsp3) is 0.500. The Balaban J connectivity index is 2.06. The van der Waals surface area contributed by atoms with Gasteiger partial charge in [-0.25, -0.2) is 4.98 Å². The van der Waals surface area contributed by atoms with Crippen LogP contribution >= 0.6 is 0 Å². The van der Waals surface area contributed by atoms with E-state index in [0.29, 0.717) is 23.7 Å². The second-order valence-electron chi connectivity index (χ2n) is 6.43. The van der Waals surface area contributed by atoms with Crippen LogP contribution in [0.4, 0.5) is 0 Å². The molecule has 0 spiro atoms. The summed E-state index contributed by atoms with van der Waals surface area (Å²) in [6, 6.07) is 7.40. The Morgan fingerprint density at radius 3 is 2.70 bits per heavy atom. The molecule has 1 aromatic heterocycles. The van der Waals surface area contributed by atoms with Crippen LogP contribution in [0.3, 0.4) is 0 Å². The Hall–Kier alpha value is -1.68. The van der Waals surface area contributed by atoms with Crippen molar-refractivity contribution in [3.63, 3.8) is 0 Å². The number of nitrogens with zero attached hydrogens (tertiary/aromatic N) is 1. The zero-order chi connectivity index (χ0) is 14.8. The monoisotopic (exact) mass is 273 g/mol. The average molecular weight is 273 g/mol.